The van der Waals surface area contributed by atoms with Gasteiger partial charge in [0.25, 0.3) is 5.89 Å². The molecule has 4 heterocycles. The molecule has 0 saturated carbocycles. The lowest BCUT2D eigenvalue weighted by Crippen LogP contribution is -2.43. The monoisotopic (exact) mass is 397 g/mol. The number of hydrogen-bond donors (Lipinski definition) is 1. The highest BCUT2D eigenvalue weighted by Crippen LogP contribution is 2.25. The van der Waals surface area contributed by atoms with Gasteiger partial charge < -0.3 is 14.7 Å². The van der Waals surface area contributed by atoms with Gasteiger partial charge >= 0.3 is 0 Å². The van der Waals surface area contributed by atoms with Crippen LogP contribution in [-0.4, -0.2) is 34.1 Å². The van der Waals surface area contributed by atoms with Crippen molar-refractivity contribution in [3.8, 4) is 11.5 Å². The summed E-state index contributed by atoms with van der Waals surface area (Å²) in [6.45, 7) is 5.39. The first-order chi connectivity index (χ1) is 13.6. The Morgan fingerprint density at radius 3 is 2.96 bits per heavy atom. The molecule has 4 rings (SSSR count). The second kappa shape index (κ2) is 8.10. The van der Waals surface area contributed by atoms with E-state index in [1.54, 1.807) is 24.5 Å². The molecule has 0 spiro atoms. The van der Waals surface area contributed by atoms with Crippen LogP contribution in [0.2, 0.25) is 0 Å². The largest absolute Gasteiger partial charge is 0.356 e. The van der Waals surface area contributed by atoms with Crippen LogP contribution in [0.25, 0.3) is 11.5 Å². The van der Waals surface area contributed by atoms with Gasteiger partial charge in [0.05, 0.1) is 17.5 Å². The van der Waals surface area contributed by atoms with Crippen LogP contribution in [0.1, 0.15) is 36.5 Å². The third-order valence-electron chi connectivity index (χ3n) is 4.97. The lowest BCUT2D eigenvalue weighted by molar-refractivity contribution is -0.125. The fourth-order valence-corrected chi connectivity index (χ4v) is 4.19. The Hall–Kier alpha value is -2.74. The summed E-state index contributed by atoms with van der Waals surface area (Å²) in [4.78, 5) is 24.9. The van der Waals surface area contributed by atoms with E-state index in [0.717, 1.165) is 30.8 Å². The molecule has 1 aliphatic rings. The highest BCUT2D eigenvalue weighted by Gasteiger charge is 2.27. The number of rotatable bonds is 5. The molecule has 0 aromatic carbocycles. The van der Waals surface area contributed by atoms with E-state index < -0.39 is 0 Å². The smallest absolute Gasteiger partial charge is 0.259 e. The number of carbonyl (C=O) groups is 1. The fraction of sp³-hybridized carbons (Fsp3) is 0.400. The summed E-state index contributed by atoms with van der Waals surface area (Å²) in [6.07, 6.45) is 3.61. The summed E-state index contributed by atoms with van der Waals surface area (Å²) in [7, 11) is 0. The first-order valence-electron chi connectivity index (χ1n) is 9.45. The van der Waals surface area contributed by atoms with Crippen molar-refractivity contribution in [3.05, 3.63) is 46.5 Å². The van der Waals surface area contributed by atoms with Gasteiger partial charge in [0.1, 0.15) is 5.82 Å². The molecule has 0 aliphatic carbocycles. The van der Waals surface area contributed by atoms with Gasteiger partial charge in [0.15, 0.2) is 5.82 Å². The number of amides is 1. The molecule has 28 heavy (non-hydrogen) atoms. The number of hydrogen-bond acceptors (Lipinski definition) is 7. The molecule has 1 aliphatic heterocycles. The zero-order valence-electron chi connectivity index (χ0n) is 16.0. The number of aromatic nitrogens is 3. The van der Waals surface area contributed by atoms with Crippen LogP contribution in [0.4, 0.5) is 5.82 Å². The van der Waals surface area contributed by atoms with Crippen molar-refractivity contribution in [3.63, 3.8) is 0 Å². The Morgan fingerprint density at radius 2 is 2.29 bits per heavy atom. The maximum Gasteiger partial charge on any atom is 0.259 e. The van der Waals surface area contributed by atoms with Crippen LogP contribution in [0, 0.1) is 12.8 Å². The number of anilines is 1. The van der Waals surface area contributed by atoms with E-state index in [4.69, 9.17) is 4.52 Å². The molecule has 1 saturated heterocycles. The van der Waals surface area contributed by atoms with Crippen molar-refractivity contribution in [1.82, 2.24) is 20.4 Å². The van der Waals surface area contributed by atoms with Gasteiger partial charge in [0, 0.05) is 24.2 Å². The molecule has 1 amide bonds. The molecule has 3 aromatic heterocycles. The molecule has 1 fully saturated rings. The third kappa shape index (κ3) is 4.06. The summed E-state index contributed by atoms with van der Waals surface area (Å²) in [5.41, 5.74) is 0.792. The Balaban J connectivity index is 1.40. The van der Waals surface area contributed by atoms with Crippen molar-refractivity contribution in [2.45, 2.75) is 32.7 Å². The zero-order chi connectivity index (χ0) is 19.5. The predicted octanol–water partition coefficient (Wildman–Crippen LogP) is 3.60. The number of piperidine rings is 1. The number of thiophene rings is 1. The number of nitrogens with zero attached hydrogens (tertiary/aromatic N) is 4. The first-order valence-corrected chi connectivity index (χ1v) is 10.3. The Labute approximate surface area is 167 Å². The van der Waals surface area contributed by atoms with Crippen LogP contribution in [0.15, 0.2) is 40.4 Å². The van der Waals surface area contributed by atoms with Gasteiger partial charge in [0.2, 0.25) is 5.91 Å². The topological polar surface area (TPSA) is 84.2 Å². The maximum absolute atomic E-state index is 12.7. The van der Waals surface area contributed by atoms with Gasteiger partial charge in [-0.2, -0.15) is 4.98 Å². The van der Waals surface area contributed by atoms with Crippen molar-refractivity contribution in [1.29, 1.82) is 0 Å². The summed E-state index contributed by atoms with van der Waals surface area (Å²) in [5.74, 6) is 2.01. The van der Waals surface area contributed by atoms with Crippen LogP contribution in [-0.2, 0) is 4.79 Å². The molecule has 0 radical (unpaired) electrons. The van der Waals surface area contributed by atoms with Gasteiger partial charge in [-0.3, -0.25) is 4.79 Å². The predicted molar refractivity (Wildman–Crippen MR) is 108 cm³/mol. The molecule has 7 nitrogen and oxygen atoms in total. The lowest BCUT2D eigenvalue weighted by atomic mass is 9.96. The van der Waals surface area contributed by atoms with Crippen LogP contribution >= 0.6 is 11.3 Å². The average Bonchev–Trinajstić information content (AvgIpc) is 3.40. The Kier molecular flexibility index (Phi) is 5.38. The molecule has 0 bridgehead atoms. The van der Waals surface area contributed by atoms with Crippen LogP contribution < -0.4 is 10.2 Å². The SMILES string of the molecule is Cc1noc(-c2ccc(N3CCCC(C(=O)NC(C)c4cccs4)C3)nc2)n1. The van der Waals surface area contributed by atoms with Crippen LogP contribution in [0.3, 0.4) is 0 Å². The van der Waals surface area contributed by atoms with Gasteiger partial charge in [-0.15, -0.1) is 11.3 Å². The molecule has 1 N–H and O–H groups in total. The minimum absolute atomic E-state index is 0.0313. The third-order valence-corrected chi connectivity index (χ3v) is 6.02. The van der Waals surface area contributed by atoms with Gasteiger partial charge in [-0.1, -0.05) is 11.2 Å². The zero-order valence-corrected chi connectivity index (χ0v) is 16.8. The van der Waals surface area contributed by atoms with E-state index in [0.29, 0.717) is 18.3 Å². The van der Waals surface area contributed by atoms with E-state index in [2.05, 4.69) is 31.4 Å². The highest BCUT2D eigenvalue weighted by atomic mass is 32.1. The number of carbonyl (C=O) groups excluding carboxylic acids is 1. The molecule has 146 valence electrons. The van der Waals surface area contributed by atoms with Gasteiger partial charge in [-0.25, -0.2) is 4.98 Å². The van der Waals surface area contributed by atoms with Crippen molar-refractivity contribution < 1.29 is 9.32 Å². The quantitative estimate of drug-likeness (QED) is 0.708. The second-order valence-corrected chi connectivity index (χ2v) is 8.06. The van der Waals surface area contributed by atoms with Crippen molar-refractivity contribution in [2.75, 3.05) is 18.0 Å². The molecular formula is C20H23N5O2S. The van der Waals surface area contributed by atoms with E-state index in [1.165, 1.54) is 4.88 Å². The molecular weight excluding hydrogens is 374 g/mol. The standard InChI is InChI=1S/C20H23N5O2S/c1-13(17-6-4-10-28-17)22-19(26)16-5-3-9-25(12-16)18-8-7-15(11-21-18)20-23-14(2)24-27-20/h4,6-8,10-11,13,16H,3,5,9,12H2,1-2H3,(H,22,26). The molecule has 2 unspecified atom stereocenters. The van der Waals surface area contributed by atoms with Gasteiger partial charge in [-0.05, 0) is 50.3 Å². The molecule has 2 atom stereocenters. The summed E-state index contributed by atoms with van der Waals surface area (Å²) in [6, 6.07) is 7.98. The fourth-order valence-electron chi connectivity index (χ4n) is 3.45. The highest BCUT2D eigenvalue weighted by molar-refractivity contribution is 7.10. The van der Waals surface area contributed by atoms with Crippen LogP contribution in [0.5, 0.6) is 0 Å². The first kappa shape index (κ1) is 18.6. The summed E-state index contributed by atoms with van der Waals surface area (Å²) < 4.78 is 5.18. The molecule has 3 aromatic rings. The number of aryl methyl sites for hydroxylation is 1. The normalized spacial score (nSPS) is 18.1. The number of pyridine rings is 1. The number of nitrogens with one attached hydrogen (secondary N) is 1. The van der Waals surface area contributed by atoms with E-state index in [9.17, 15) is 4.79 Å². The molecule has 8 heteroatoms. The van der Waals surface area contributed by atoms with E-state index in [-0.39, 0.29) is 17.9 Å². The van der Waals surface area contributed by atoms with E-state index >= 15 is 0 Å². The van der Waals surface area contributed by atoms with Crippen molar-refractivity contribution >= 4 is 23.1 Å². The average molecular weight is 398 g/mol. The van der Waals surface area contributed by atoms with Crippen molar-refractivity contribution in [2.24, 2.45) is 5.92 Å². The lowest BCUT2D eigenvalue weighted by Gasteiger charge is -2.33. The summed E-state index contributed by atoms with van der Waals surface area (Å²) in [5, 5.41) is 9.00. The second-order valence-electron chi connectivity index (χ2n) is 7.08. The maximum atomic E-state index is 12.7. The van der Waals surface area contributed by atoms with E-state index in [1.807, 2.05) is 30.5 Å². The Bertz CT molecular complexity index is 922. The minimum Gasteiger partial charge on any atom is -0.356 e. The Morgan fingerprint density at radius 1 is 1.39 bits per heavy atom. The minimum atomic E-state index is -0.0313. The summed E-state index contributed by atoms with van der Waals surface area (Å²) >= 11 is 1.67.